The molecule has 0 spiro atoms. The van der Waals surface area contributed by atoms with E-state index in [4.69, 9.17) is 16.3 Å². The number of ketones is 2. The molecule has 1 fully saturated rings. The zero-order chi connectivity index (χ0) is 48.5. The highest BCUT2D eigenvalue weighted by atomic mass is 35.5. The molecule has 1 aliphatic rings. The molecule has 3 N–H and O–H groups in total. The third kappa shape index (κ3) is 10.7. The van der Waals surface area contributed by atoms with Gasteiger partial charge in [-0.1, -0.05) is 116 Å². The molecule has 0 bridgehead atoms. The Morgan fingerprint density at radius 1 is 0.735 bits per heavy atom. The molecule has 3 heterocycles. The average Bonchev–Trinajstić information content (AvgIpc) is 3.91. The molecule has 350 valence electrons. The minimum Gasteiger partial charge on any atom is -0.481 e. The van der Waals surface area contributed by atoms with E-state index in [1.165, 1.54) is 29.0 Å². The first-order valence-electron chi connectivity index (χ1n) is 22.2. The molecule has 3 amide bonds. The highest BCUT2D eigenvalue weighted by molar-refractivity contribution is 6.34. The zero-order valence-electron chi connectivity index (χ0n) is 37.8. The number of benzene rings is 4. The first-order valence-corrected chi connectivity index (χ1v) is 22.5. The predicted octanol–water partition coefficient (Wildman–Crippen LogP) is 6.91. The summed E-state index contributed by atoms with van der Waals surface area (Å²) in [7, 11) is 1.56. The van der Waals surface area contributed by atoms with Gasteiger partial charge in [-0.15, -0.1) is 0 Å². The van der Waals surface area contributed by atoms with Crippen molar-refractivity contribution in [3.05, 3.63) is 178 Å². The molecule has 4 aromatic carbocycles. The van der Waals surface area contributed by atoms with Gasteiger partial charge in [-0.05, 0) is 54.8 Å². The zero-order valence-corrected chi connectivity index (χ0v) is 38.5. The van der Waals surface area contributed by atoms with E-state index >= 15 is 9.59 Å². The lowest BCUT2D eigenvalue weighted by Gasteiger charge is -2.44. The van der Waals surface area contributed by atoms with Gasteiger partial charge in [0.1, 0.15) is 23.1 Å². The molecule has 3 atom stereocenters. The number of halogens is 1. The van der Waals surface area contributed by atoms with Crippen LogP contribution in [0.2, 0.25) is 5.15 Å². The Balaban J connectivity index is 1.33. The van der Waals surface area contributed by atoms with Crippen LogP contribution in [0.25, 0.3) is 0 Å². The number of carboxylic acid groups (broad SMARTS) is 1. The lowest BCUT2D eigenvalue weighted by atomic mass is 9.92. The second-order valence-electron chi connectivity index (χ2n) is 16.3. The van der Waals surface area contributed by atoms with Crippen LogP contribution < -0.4 is 10.6 Å². The van der Waals surface area contributed by atoms with Gasteiger partial charge < -0.3 is 29.9 Å². The number of aromatic nitrogens is 2. The van der Waals surface area contributed by atoms with Crippen LogP contribution in [0.1, 0.15) is 73.2 Å². The molecule has 2 aromatic heterocycles. The van der Waals surface area contributed by atoms with Crippen LogP contribution in [0.5, 0.6) is 0 Å². The second kappa shape index (κ2) is 21.9. The summed E-state index contributed by atoms with van der Waals surface area (Å²) in [4.78, 5) is 102. The molecule has 15 nitrogen and oxygen atoms in total. The third-order valence-corrected chi connectivity index (χ3v) is 12.6. The molecule has 1 saturated heterocycles. The number of hydrogen-bond donors (Lipinski definition) is 3. The van der Waals surface area contributed by atoms with Crippen molar-refractivity contribution in [3.8, 4) is 0 Å². The standard InChI is InChI=1S/C52H51ClN6O9/c1-4-40(57-27-29-68-30-28-57)46(51(66)54-39-25-26-58(49(39)53)52(67)36-19-12-7-13-20-36)59(44(60)31-37-21-14-22-38(33(37)2)47(63)34-15-8-5-9-16-34)42(32-45(61)62)50(65)55-43-24-23-41(56(43)3)48(64)35-17-10-6-11-18-35/h5-26,40,42,46H,4,27-32H2,1-3H3,(H,54,66)(H,55,65)(H,61,62). The third-order valence-electron chi connectivity index (χ3n) is 12.2. The topological polar surface area (TPSA) is 189 Å². The first kappa shape index (κ1) is 48.5. The van der Waals surface area contributed by atoms with Gasteiger partial charge in [0.2, 0.25) is 23.5 Å². The maximum absolute atomic E-state index is 15.5. The molecule has 0 radical (unpaired) electrons. The quantitative estimate of drug-likeness (QED) is 0.0764. The number of aliphatic carboxylic acids is 1. The van der Waals surface area contributed by atoms with Crippen molar-refractivity contribution in [2.45, 2.75) is 51.2 Å². The summed E-state index contributed by atoms with van der Waals surface area (Å²) < 4.78 is 8.27. The molecular weight excluding hydrogens is 888 g/mol. The number of rotatable bonds is 18. The Morgan fingerprint density at radius 3 is 1.94 bits per heavy atom. The van der Waals surface area contributed by atoms with E-state index < -0.39 is 60.6 Å². The molecule has 0 aliphatic carbocycles. The fraction of sp³-hybridized carbons (Fsp3) is 0.250. The largest absolute Gasteiger partial charge is 0.481 e. The molecular formula is C52H51ClN6O9. The number of carboxylic acids is 1. The summed E-state index contributed by atoms with van der Waals surface area (Å²) in [5, 5.41) is 16.0. The van der Waals surface area contributed by atoms with Gasteiger partial charge in [-0.2, -0.15) is 0 Å². The monoisotopic (exact) mass is 938 g/mol. The maximum atomic E-state index is 15.5. The van der Waals surface area contributed by atoms with E-state index in [0.717, 1.165) is 9.47 Å². The fourth-order valence-corrected chi connectivity index (χ4v) is 8.85. The number of anilines is 2. The number of ether oxygens (including phenoxy) is 1. The van der Waals surface area contributed by atoms with Crippen LogP contribution in [0.3, 0.4) is 0 Å². The van der Waals surface area contributed by atoms with E-state index in [0.29, 0.717) is 59.7 Å². The van der Waals surface area contributed by atoms with Gasteiger partial charge in [0.05, 0.1) is 37.4 Å². The van der Waals surface area contributed by atoms with E-state index in [1.807, 2.05) is 11.8 Å². The van der Waals surface area contributed by atoms with E-state index in [1.54, 1.807) is 123 Å². The Hall–Kier alpha value is -7.46. The number of amides is 3. The van der Waals surface area contributed by atoms with Crippen LogP contribution in [-0.4, -0.2) is 110 Å². The van der Waals surface area contributed by atoms with Crippen molar-refractivity contribution in [1.82, 2.24) is 18.9 Å². The van der Waals surface area contributed by atoms with Crippen molar-refractivity contribution in [2.24, 2.45) is 7.05 Å². The van der Waals surface area contributed by atoms with Crippen molar-refractivity contribution < 1.29 is 43.4 Å². The summed E-state index contributed by atoms with van der Waals surface area (Å²) in [5.74, 6) is -4.96. The van der Waals surface area contributed by atoms with Crippen LogP contribution in [0, 0.1) is 6.92 Å². The summed E-state index contributed by atoms with van der Waals surface area (Å²) in [6.45, 7) is 4.79. The van der Waals surface area contributed by atoms with Gasteiger partial charge in [-0.3, -0.25) is 43.0 Å². The fourth-order valence-electron chi connectivity index (χ4n) is 8.60. The minimum absolute atomic E-state index is 0.0248. The smallest absolute Gasteiger partial charge is 0.305 e. The van der Waals surface area contributed by atoms with Gasteiger partial charge in [0.15, 0.2) is 5.78 Å². The number of hydrogen-bond acceptors (Lipinski definition) is 9. The number of nitrogens with zero attached hydrogens (tertiary/aromatic N) is 4. The molecule has 0 saturated carbocycles. The average molecular weight is 939 g/mol. The van der Waals surface area contributed by atoms with E-state index in [-0.39, 0.29) is 40.3 Å². The van der Waals surface area contributed by atoms with Crippen LogP contribution in [0.4, 0.5) is 11.5 Å². The number of carbonyl (C=O) groups is 7. The highest BCUT2D eigenvalue weighted by Crippen LogP contribution is 2.30. The Kier molecular flexibility index (Phi) is 15.6. The lowest BCUT2D eigenvalue weighted by Crippen LogP contribution is -2.64. The summed E-state index contributed by atoms with van der Waals surface area (Å²) in [6.07, 6.45) is 0.258. The van der Waals surface area contributed by atoms with Crippen molar-refractivity contribution in [1.29, 1.82) is 0 Å². The maximum Gasteiger partial charge on any atom is 0.305 e. The number of morpholine rings is 1. The highest BCUT2D eigenvalue weighted by Gasteiger charge is 2.46. The Labute approximate surface area is 398 Å². The van der Waals surface area contributed by atoms with Gasteiger partial charge in [0, 0.05) is 54.6 Å². The molecule has 3 unspecified atom stereocenters. The van der Waals surface area contributed by atoms with Crippen LogP contribution in [-0.2, 0) is 37.4 Å². The number of nitrogens with one attached hydrogen (secondary N) is 2. The van der Waals surface area contributed by atoms with Gasteiger partial charge in [0.25, 0.3) is 5.91 Å². The Bertz CT molecular complexity index is 2820. The van der Waals surface area contributed by atoms with Crippen molar-refractivity contribution in [3.63, 3.8) is 0 Å². The summed E-state index contributed by atoms with van der Waals surface area (Å²) in [6, 6.07) is 30.7. The van der Waals surface area contributed by atoms with Crippen molar-refractivity contribution >= 4 is 64.3 Å². The SMILES string of the molecule is CCC(C(C(=O)Nc1ccn(C(=O)c2ccccc2)c1Cl)N(C(=O)Cc1cccc(C(=O)c2ccccc2)c1C)C(CC(=O)O)C(=O)Nc1ccc(C(=O)c2ccccc2)n1C)N1CCOCC1. The van der Waals surface area contributed by atoms with Crippen LogP contribution >= 0.6 is 11.6 Å². The molecule has 16 heteroatoms. The first-order chi connectivity index (χ1) is 32.8. The van der Waals surface area contributed by atoms with E-state index in [9.17, 15) is 29.1 Å². The lowest BCUT2D eigenvalue weighted by molar-refractivity contribution is -0.152. The van der Waals surface area contributed by atoms with Gasteiger partial charge in [-0.25, -0.2) is 0 Å². The van der Waals surface area contributed by atoms with Gasteiger partial charge >= 0.3 is 5.97 Å². The molecule has 1 aliphatic heterocycles. The molecule has 7 rings (SSSR count). The Morgan fingerprint density at radius 2 is 1.34 bits per heavy atom. The normalized spacial score (nSPS) is 14.0. The molecule has 6 aromatic rings. The number of carbonyl (C=O) groups excluding carboxylic acids is 6. The second-order valence-corrected chi connectivity index (χ2v) is 16.7. The molecule has 68 heavy (non-hydrogen) atoms. The minimum atomic E-state index is -1.83. The van der Waals surface area contributed by atoms with Crippen LogP contribution in [0.15, 0.2) is 134 Å². The summed E-state index contributed by atoms with van der Waals surface area (Å²) in [5.41, 5.74) is 2.62. The summed E-state index contributed by atoms with van der Waals surface area (Å²) >= 11 is 6.81. The van der Waals surface area contributed by atoms with Crippen molar-refractivity contribution in [2.75, 3.05) is 36.9 Å². The predicted molar refractivity (Wildman–Crippen MR) is 256 cm³/mol. The van der Waals surface area contributed by atoms with E-state index in [2.05, 4.69) is 10.6 Å².